The van der Waals surface area contributed by atoms with Crippen molar-refractivity contribution < 1.29 is 0 Å². The van der Waals surface area contributed by atoms with Crippen LogP contribution in [0.1, 0.15) is 19.3 Å². The molecular formula is C8H13N. The van der Waals surface area contributed by atoms with E-state index in [0.717, 1.165) is 19.3 Å². The van der Waals surface area contributed by atoms with Gasteiger partial charge in [-0.15, -0.1) is 6.58 Å². The van der Waals surface area contributed by atoms with Crippen LogP contribution in [-0.4, -0.2) is 6.04 Å². The molecule has 0 spiro atoms. The third kappa shape index (κ3) is 1.68. The smallest absolute Gasteiger partial charge is 0.0113 e. The van der Waals surface area contributed by atoms with Gasteiger partial charge in [-0.2, -0.15) is 0 Å². The van der Waals surface area contributed by atoms with E-state index in [0.29, 0.717) is 6.04 Å². The standard InChI is InChI=1S/C8H13N/c1-2-3-4-7-5-8(9)6-7/h2,4,8H,1,3,5-6,9H2. The van der Waals surface area contributed by atoms with Gasteiger partial charge in [-0.1, -0.05) is 17.7 Å². The van der Waals surface area contributed by atoms with E-state index in [1.54, 1.807) is 0 Å². The van der Waals surface area contributed by atoms with Crippen LogP contribution in [0.4, 0.5) is 0 Å². The Morgan fingerprint density at radius 2 is 2.33 bits per heavy atom. The van der Waals surface area contributed by atoms with Crippen molar-refractivity contribution in [2.24, 2.45) is 5.73 Å². The minimum atomic E-state index is 0.445. The van der Waals surface area contributed by atoms with Crippen LogP contribution in [0, 0.1) is 0 Å². The maximum Gasteiger partial charge on any atom is 0.0113 e. The zero-order chi connectivity index (χ0) is 6.69. The van der Waals surface area contributed by atoms with Crippen molar-refractivity contribution in [1.29, 1.82) is 0 Å². The Hall–Kier alpha value is -0.560. The van der Waals surface area contributed by atoms with Gasteiger partial charge in [0, 0.05) is 6.04 Å². The molecule has 50 valence electrons. The largest absolute Gasteiger partial charge is 0.327 e. The summed E-state index contributed by atoms with van der Waals surface area (Å²) in [6.45, 7) is 3.63. The van der Waals surface area contributed by atoms with Gasteiger partial charge in [-0.05, 0) is 19.3 Å². The minimum Gasteiger partial charge on any atom is -0.327 e. The molecule has 1 aliphatic carbocycles. The van der Waals surface area contributed by atoms with Crippen molar-refractivity contribution in [3.8, 4) is 0 Å². The van der Waals surface area contributed by atoms with Crippen LogP contribution in [0.2, 0.25) is 0 Å². The molecule has 0 amide bonds. The molecule has 0 bridgehead atoms. The first-order valence-corrected chi connectivity index (χ1v) is 3.37. The summed E-state index contributed by atoms with van der Waals surface area (Å²) in [5.41, 5.74) is 7.08. The van der Waals surface area contributed by atoms with Gasteiger partial charge < -0.3 is 5.73 Å². The molecule has 2 N–H and O–H groups in total. The molecule has 0 aromatic heterocycles. The van der Waals surface area contributed by atoms with Crippen LogP contribution in [0.3, 0.4) is 0 Å². The molecule has 1 heteroatoms. The molecule has 0 atom stereocenters. The topological polar surface area (TPSA) is 26.0 Å². The van der Waals surface area contributed by atoms with Crippen LogP contribution in [0.25, 0.3) is 0 Å². The van der Waals surface area contributed by atoms with E-state index in [1.165, 1.54) is 5.57 Å². The average molecular weight is 123 g/mol. The second kappa shape index (κ2) is 2.83. The van der Waals surface area contributed by atoms with E-state index < -0.39 is 0 Å². The molecule has 0 aliphatic heterocycles. The van der Waals surface area contributed by atoms with Crippen LogP contribution < -0.4 is 5.73 Å². The van der Waals surface area contributed by atoms with Gasteiger partial charge in [-0.3, -0.25) is 0 Å². The van der Waals surface area contributed by atoms with Gasteiger partial charge in [-0.25, -0.2) is 0 Å². The van der Waals surface area contributed by atoms with Gasteiger partial charge in [0.2, 0.25) is 0 Å². The Morgan fingerprint density at radius 3 is 2.78 bits per heavy atom. The quantitative estimate of drug-likeness (QED) is 0.555. The third-order valence-electron chi connectivity index (χ3n) is 1.62. The van der Waals surface area contributed by atoms with Gasteiger partial charge in [0.15, 0.2) is 0 Å². The molecule has 0 heterocycles. The van der Waals surface area contributed by atoms with Crippen molar-refractivity contribution in [3.05, 3.63) is 24.3 Å². The fraction of sp³-hybridized carbons (Fsp3) is 0.500. The second-order valence-corrected chi connectivity index (χ2v) is 2.56. The molecular weight excluding hydrogens is 110 g/mol. The predicted octanol–water partition coefficient (Wildman–Crippen LogP) is 1.61. The SMILES string of the molecule is C=CCC=C1CC(N)C1. The maximum absolute atomic E-state index is 5.57. The highest BCUT2D eigenvalue weighted by Crippen LogP contribution is 2.24. The van der Waals surface area contributed by atoms with Gasteiger partial charge in [0.1, 0.15) is 0 Å². The van der Waals surface area contributed by atoms with E-state index in [9.17, 15) is 0 Å². The maximum atomic E-state index is 5.57. The van der Waals surface area contributed by atoms with Gasteiger partial charge in [0.25, 0.3) is 0 Å². The molecule has 1 nitrogen and oxygen atoms in total. The Kier molecular flexibility index (Phi) is 2.06. The molecule has 1 fully saturated rings. The molecule has 0 aromatic rings. The van der Waals surface area contributed by atoms with Gasteiger partial charge in [0.05, 0.1) is 0 Å². The van der Waals surface area contributed by atoms with E-state index in [-0.39, 0.29) is 0 Å². The highest BCUT2D eigenvalue weighted by atomic mass is 14.7. The molecule has 0 unspecified atom stereocenters. The predicted molar refractivity (Wildman–Crippen MR) is 40.1 cm³/mol. The fourth-order valence-electron chi connectivity index (χ4n) is 1.03. The van der Waals surface area contributed by atoms with Crippen molar-refractivity contribution >= 4 is 0 Å². The highest BCUT2D eigenvalue weighted by molar-refractivity contribution is 5.15. The zero-order valence-electron chi connectivity index (χ0n) is 5.64. The lowest BCUT2D eigenvalue weighted by molar-refractivity contribution is 0.540. The van der Waals surface area contributed by atoms with Crippen molar-refractivity contribution in [2.45, 2.75) is 25.3 Å². The van der Waals surface area contributed by atoms with Crippen LogP contribution in [-0.2, 0) is 0 Å². The minimum absolute atomic E-state index is 0.445. The number of rotatable bonds is 2. The monoisotopic (exact) mass is 123 g/mol. The number of hydrogen-bond acceptors (Lipinski definition) is 1. The summed E-state index contributed by atoms with van der Waals surface area (Å²) in [5, 5.41) is 0. The summed E-state index contributed by atoms with van der Waals surface area (Å²) in [4.78, 5) is 0. The molecule has 0 radical (unpaired) electrons. The van der Waals surface area contributed by atoms with E-state index in [4.69, 9.17) is 5.73 Å². The molecule has 9 heavy (non-hydrogen) atoms. The van der Waals surface area contributed by atoms with Crippen molar-refractivity contribution in [1.82, 2.24) is 0 Å². The van der Waals surface area contributed by atoms with Crippen molar-refractivity contribution in [3.63, 3.8) is 0 Å². The lowest BCUT2D eigenvalue weighted by Gasteiger charge is -2.24. The normalized spacial score (nSPS) is 25.0. The van der Waals surface area contributed by atoms with Gasteiger partial charge >= 0.3 is 0 Å². The molecule has 0 saturated heterocycles. The lowest BCUT2D eigenvalue weighted by atomic mass is 9.86. The molecule has 1 rings (SSSR count). The van der Waals surface area contributed by atoms with Crippen LogP contribution >= 0.6 is 0 Å². The first-order valence-electron chi connectivity index (χ1n) is 3.37. The Bertz CT molecular complexity index is 128. The lowest BCUT2D eigenvalue weighted by Crippen LogP contribution is -2.29. The van der Waals surface area contributed by atoms with E-state index >= 15 is 0 Å². The highest BCUT2D eigenvalue weighted by Gasteiger charge is 2.17. The summed E-state index contributed by atoms with van der Waals surface area (Å²) < 4.78 is 0. The Labute approximate surface area is 56.2 Å². The second-order valence-electron chi connectivity index (χ2n) is 2.56. The summed E-state index contributed by atoms with van der Waals surface area (Å²) in [6, 6.07) is 0.445. The third-order valence-corrected chi connectivity index (χ3v) is 1.62. The molecule has 1 aliphatic rings. The Balaban J connectivity index is 2.21. The number of nitrogens with two attached hydrogens (primary N) is 1. The summed E-state index contributed by atoms with van der Waals surface area (Å²) in [6.07, 6.45) is 7.34. The summed E-state index contributed by atoms with van der Waals surface area (Å²) in [5.74, 6) is 0. The number of allylic oxidation sites excluding steroid dienone is 2. The van der Waals surface area contributed by atoms with E-state index in [2.05, 4.69) is 12.7 Å². The average Bonchev–Trinajstić information content (AvgIpc) is 1.78. The summed E-state index contributed by atoms with van der Waals surface area (Å²) >= 11 is 0. The van der Waals surface area contributed by atoms with Crippen molar-refractivity contribution in [2.75, 3.05) is 0 Å². The van der Waals surface area contributed by atoms with E-state index in [1.807, 2.05) is 6.08 Å². The van der Waals surface area contributed by atoms with Crippen LogP contribution in [0.5, 0.6) is 0 Å². The zero-order valence-corrected chi connectivity index (χ0v) is 5.64. The first-order chi connectivity index (χ1) is 4.33. The summed E-state index contributed by atoms with van der Waals surface area (Å²) in [7, 11) is 0. The first kappa shape index (κ1) is 6.56. The van der Waals surface area contributed by atoms with Crippen LogP contribution in [0.15, 0.2) is 24.3 Å². The molecule has 0 aromatic carbocycles. The number of hydrogen-bond donors (Lipinski definition) is 1. The Morgan fingerprint density at radius 1 is 1.67 bits per heavy atom. The fourth-order valence-corrected chi connectivity index (χ4v) is 1.03. The molecule has 1 saturated carbocycles.